The van der Waals surface area contributed by atoms with Crippen LogP contribution in [-0.4, -0.2) is 43.9 Å². The van der Waals surface area contributed by atoms with Gasteiger partial charge < -0.3 is 9.97 Å². The van der Waals surface area contributed by atoms with E-state index >= 15 is 0 Å². The molecule has 2 aliphatic rings. The fourth-order valence-corrected chi connectivity index (χ4v) is 5.59. The average Bonchev–Trinajstić information content (AvgIpc) is 3.76. The number of benzene rings is 4. The number of H-pyrrole nitrogens is 2. The Morgan fingerprint density at radius 2 is 0.636 bits per heavy atom. The summed E-state index contributed by atoms with van der Waals surface area (Å²) in [4.78, 5) is 36.8. The first kappa shape index (κ1) is 26.0. The summed E-state index contributed by atoms with van der Waals surface area (Å²) in [6.07, 6.45) is 0. The molecule has 7 aromatic rings. The molecular weight excluding hydrogens is 595 g/mol. The molecule has 0 radical (unpaired) electrons. The molecule has 3 aromatic heterocycles. The zero-order valence-corrected chi connectivity index (χ0v) is 24.0. The van der Waals surface area contributed by atoms with Crippen LogP contribution in [-0.2, 0) is 22.7 Å². The van der Waals surface area contributed by atoms with Crippen molar-refractivity contribution in [2.24, 2.45) is 0 Å². The van der Waals surface area contributed by atoms with Crippen LogP contribution in [0, 0.1) is 0 Å². The molecule has 0 amide bonds. The molecule has 0 unspecified atom stereocenters. The smallest absolute Gasteiger partial charge is 0.164 e. The average molecular weight is 615 g/mol. The van der Waals surface area contributed by atoms with Gasteiger partial charge in [0, 0.05) is 43.8 Å². The fourth-order valence-electron chi connectivity index (χ4n) is 5.59. The van der Waals surface area contributed by atoms with Gasteiger partial charge in [0.15, 0.2) is 23.3 Å². The molecule has 11 nitrogen and oxygen atoms in total. The summed E-state index contributed by atoms with van der Waals surface area (Å²) in [5.74, 6) is 2.39. The van der Waals surface area contributed by atoms with Crippen LogP contribution in [0.1, 0.15) is 0 Å². The van der Waals surface area contributed by atoms with Gasteiger partial charge in [0.25, 0.3) is 0 Å². The standard InChI is InChI=1S/C32H18N8.H2O.2O.V/c1-2-10-18-17(9-1)25-33-26(18)38-28-21-13-5-6-14-22(21)30(35-28)40-32-24-16-8-7-15-23(24)31(36-32)39-29-20-12-4-3-11-19(20)27(34-29)37-25;;;;/h1-16H,(H2,33,34,35,36,37,38,39,40);1H2;;;/q;;;;+1/p-1. The molecule has 0 saturated heterocycles. The quantitative estimate of drug-likeness (QED) is 0.184. The van der Waals surface area contributed by atoms with Crippen LogP contribution in [0.5, 0.6) is 0 Å². The van der Waals surface area contributed by atoms with E-state index in [1.807, 2.05) is 97.1 Å². The van der Waals surface area contributed by atoms with Gasteiger partial charge in [-0.1, -0.05) is 97.1 Å². The number of nitrogens with one attached hydrogen (secondary N) is 2. The zero-order chi connectivity index (χ0) is 29.8. The van der Waals surface area contributed by atoms with Crippen LogP contribution in [0.25, 0.3) is 89.7 Å². The van der Waals surface area contributed by atoms with Gasteiger partial charge in [0.2, 0.25) is 0 Å². The number of hydrogen-bond acceptors (Lipinski definition) is 8. The summed E-state index contributed by atoms with van der Waals surface area (Å²) < 4.78 is 24.4. The largest absolute Gasteiger partial charge is 0.324 e. The molecule has 0 aliphatic carbocycles. The van der Waals surface area contributed by atoms with Gasteiger partial charge in [0.05, 0.1) is 0 Å². The van der Waals surface area contributed by atoms with Gasteiger partial charge in [-0.3, -0.25) is 0 Å². The molecule has 8 bridgehead atoms. The van der Waals surface area contributed by atoms with E-state index in [4.69, 9.17) is 41.3 Å². The van der Waals surface area contributed by atoms with Crippen LogP contribution in [0.2, 0.25) is 0 Å². The van der Waals surface area contributed by atoms with E-state index in [-0.39, 0.29) is 0 Å². The van der Waals surface area contributed by atoms with E-state index in [1.165, 1.54) is 0 Å². The van der Waals surface area contributed by atoms with Crippen LogP contribution in [0.4, 0.5) is 0 Å². The Balaban J connectivity index is 0.000000684. The number of nitrogens with zero attached hydrogens (tertiary/aromatic N) is 6. The van der Waals surface area contributed by atoms with E-state index in [9.17, 15) is 0 Å². The molecular formula is C32H19N8O3V. The number of fused-ring (bicyclic) bond motifs is 20. The molecule has 44 heavy (non-hydrogen) atoms. The second-order valence-corrected chi connectivity index (χ2v) is 10.8. The summed E-state index contributed by atoms with van der Waals surface area (Å²) in [6, 6.07) is 32.2. The number of hydrogen-bond donors (Lipinski definition) is 3. The minimum absolute atomic E-state index is 0.597. The topological polar surface area (TPSA) is 163 Å². The molecule has 2 aliphatic heterocycles. The Kier molecular flexibility index (Phi) is 6.09. The molecule has 3 N–H and O–H groups in total. The predicted molar refractivity (Wildman–Crippen MR) is 160 cm³/mol. The zero-order valence-electron chi connectivity index (χ0n) is 22.6. The third-order valence-electron chi connectivity index (χ3n) is 7.46. The summed E-state index contributed by atoms with van der Waals surface area (Å²) in [7, 11) is 0. The first-order valence-electron chi connectivity index (χ1n) is 13.6. The van der Waals surface area contributed by atoms with Crippen molar-refractivity contribution in [2.75, 3.05) is 0 Å². The first-order valence-corrected chi connectivity index (χ1v) is 15.3. The van der Waals surface area contributed by atoms with Crippen LogP contribution >= 0.6 is 0 Å². The Labute approximate surface area is 252 Å². The van der Waals surface area contributed by atoms with E-state index in [0.29, 0.717) is 45.9 Å². The number of rotatable bonds is 0. The fraction of sp³-hybridized carbons (Fsp3) is 0. The Morgan fingerprint density at radius 3 is 0.886 bits per heavy atom. The molecule has 0 spiro atoms. The Morgan fingerprint density at radius 1 is 0.409 bits per heavy atom. The van der Waals surface area contributed by atoms with E-state index in [2.05, 4.69) is 9.97 Å². The van der Waals surface area contributed by atoms with Crippen molar-refractivity contribution in [1.82, 2.24) is 39.9 Å². The minimum Gasteiger partial charge on any atom is -0.324 e. The normalized spacial score (nSPS) is 11.5. The van der Waals surface area contributed by atoms with Crippen molar-refractivity contribution >= 4 is 44.1 Å². The van der Waals surface area contributed by atoms with E-state index < -0.39 is 15.4 Å². The third-order valence-corrected chi connectivity index (χ3v) is 7.46. The molecule has 0 fully saturated rings. The van der Waals surface area contributed by atoms with Gasteiger partial charge in [-0.25, -0.2) is 29.9 Å². The molecule has 0 saturated carbocycles. The van der Waals surface area contributed by atoms with Crippen LogP contribution in [0.15, 0.2) is 97.1 Å². The van der Waals surface area contributed by atoms with Crippen molar-refractivity contribution in [1.29, 1.82) is 0 Å². The molecule has 210 valence electrons. The van der Waals surface area contributed by atoms with Crippen molar-refractivity contribution in [3.05, 3.63) is 97.1 Å². The van der Waals surface area contributed by atoms with Gasteiger partial charge >= 0.3 is 26.8 Å². The Bertz CT molecular complexity index is 2210. The van der Waals surface area contributed by atoms with Crippen LogP contribution in [0.3, 0.4) is 0 Å². The summed E-state index contributed by atoms with van der Waals surface area (Å²) in [6.45, 7) is 0. The van der Waals surface area contributed by atoms with Crippen molar-refractivity contribution in [3.8, 4) is 45.6 Å². The maximum Gasteiger partial charge on any atom is 0.164 e. The maximum atomic E-state index is 8.67. The van der Waals surface area contributed by atoms with Gasteiger partial charge in [-0.05, 0) is 0 Å². The maximum absolute atomic E-state index is 8.67. The van der Waals surface area contributed by atoms with Crippen LogP contribution < -0.4 is 0 Å². The number of aromatic nitrogens is 8. The van der Waals surface area contributed by atoms with Gasteiger partial charge in [-0.2, -0.15) is 0 Å². The van der Waals surface area contributed by atoms with Gasteiger partial charge in [-0.15, -0.1) is 0 Å². The molecule has 9 rings (SSSR count). The Hall–Kier alpha value is -5.62. The molecule has 12 heteroatoms. The summed E-state index contributed by atoms with van der Waals surface area (Å²) >= 11 is -3.69. The summed E-state index contributed by atoms with van der Waals surface area (Å²) in [5.41, 5.74) is 6.45. The predicted octanol–water partition coefficient (Wildman–Crippen LogP) is 6.07. The SMILES string of the molecule is [O]=[V](=[O])[OH].c1ccc2c(c1)-c1nc-2nc2[nH]c(nc3nc(nc4[nH]c(n1)c1ccccc41)-c1ccccc1-3)c1ccccc21. The molecule has 4 aromatic carbocycles. The second-order valence-electron chi connectivity index (χ2n) is 10.0. The monoisotopic (exact) mass is 614 g/mol. The first-order chi connectivity index (χ1) is 21.5. The third kappa shape index (κ3) is 4.35. The van der Waals surface area contributed by atoms with Crippen molar-refractivity contribution in [2.45, 2.75) is 0 Å². The van der Waals surface area contributed by atoms with Crippen molar-refractivity contribution in [3.63, 3.8) is 0 Å². The molecule has 5 heterocycles. The van der Waals surface area contributed by atoms with Gasteiger partial charge in [0.1, 0.15) is 22.6 Å². The molecule has 0 atom stereocenters. The van der Waals surface area contributed by atoms with E-state index in [0.717, 1.165) is 43.8 Å². The van der Waals surface area contributed by atoms with Crippen molar-refractivity contribution < 1.29 is 26.8 Å². The minimum atomic E-state index is -3.69. The summed E-state index contributed by atoms with van der Waals surface area (Å²) in [5, 5.41) is 3.82. The van der Waals surface area contributed by atoms with E-state index in [1.54, 1.807) is 0 Å². The second kappa shape index (κ2) is 10.3. The number of aromatic amines is 2.